The topological polar surface area (TPSA) is 91.3 Å². The minimum absolute atomic E-state index is 0.0963. The molecule has 0 bridgehead atoms. The number of aliphatic hydroxyl groups excluding tert-OH is 2. The van der Waals surface area contributed by atoms with E-state index in [4.69, 9.17) is 9.47 Å². The van der Waals surface area contributed by atoms with Crippen molar-refractivity contribution < 1.29 is 46.4 Å². The van der Waals surface area contributed by atoms with Gasteiger partial charge in [-0.25, -0.2) is 22.0 Å². The Bertz CT molecular complexity index is 1680. The monoisotopic (exact) mass is 670 g/mol. The fourth-order valence-corrected chi connectivity index (χ4v) is 5.56. The molecule has 1 fully saturated rings. The molecule has 0 unspecified atom stereocenters. The fraction of sp³-hybridized carbons (Fsp3) is 0.306. The van der Waals surface area contributed by atoms with Crippen LogP contribution < -0.4 is 5.32 Å². The number of aliphatic hydroxyl groups is 2. The molecule has 1 heterocycles. The van der Waals surface area contributed by atoms with Crippen LogP contribution in [0.2, 0.25) is 0 Å². The molecule has 0 spiro atoms. The van der Waals surface area contributed by atoms with Crippen LogP contribution in [0.25, 0.3) is 0 Å². The van der Waals surface area contributed by atoms with E-state index in [0.717, 1.165) is 16.7 Å². The predicted molar refractivity (Wildman–Crippen MR) is 166 cm³/mol. The summed E-state index contributed by atoms with van der Waals surface area (Å²) in [6, 6.07) is 23.1. The zero-order valence-electron chi connectivity index (χ0n) is 26.2. The molecule has 1 aliphatic heterocycles. The van der Waals surface area contributed by atoms with Crippen molar-refractivity contribution in [3.8, 4) is 0 Å². The minimum atomic E-state index is -2.35. The van der Waals surface area contributed by atoms with E-state index in [1.165, 1.54) is 0 Å². The number of hydrogen-bond donors (Lipinski definition) is 3. The van der Waals surface area contributed by atoms with E-state index in [1.807, 2.05) is 73.5 Å². The highest BCUT2D eigenvalue weighted by atomic mass is 19.2. The van der Waals surface area contributed by atoms with Crippen LogP contribution in [-0.4, -0.2) is 46.8 Å². The number of nitrogens with zero attached hydrogens (tertiary/aromatic N) is 1. The third-order valence-electron chi connectivity index (χ3n) is 8.54. The number of carbonyl (C=O) groups excluding carboxylic acids is 1. The van der Waals surface area contributed by atoms with Gasteiger partial charge in [0.25, 0.3) is 5.91 Å². The molecule has 3 N–H and O–H groups in total. The lowest BCUT2D eigenvalue weighted by Crippen LogP contribution is -2.43. The quantitative estimate of drug-likeness (QED) is 0.0972. The van der Waals surface area contributed by atoms with Crippen molar-refractivity contribution in [3.05, 3.63) is 141 Å². The summed E-state index contributed by atoms with van der Waals surface area (Å²) in [5.74, 6) is -12.6. The Morgan fingerprint density at radius 3 is 2.00 bits per heavy atom. The van der Waals surface area contributed by atoms with Gasteiger partial charge in [-0.05, 0) is 36.2 Å². The van der Waals surface area contributed by atoms with Crippen LogP contribution in [0.15, 0.2) is 78.9 Å². The second-order valence-corrected chi connectivity index (χ2v) is 11.8. The maximum Gasteiger partial charge on any atom is 0.257 e. The first-order valence-corrected chi connectivity index (χ1v) is 15.3. The summed E-state index contributed by atoms with van der Waals surface area (Å²) in [7, 11) is 1.91. The summed E-state index contributed by atoms with van der Waals surface area (Å²) in [6.07, 6.45) is -1.72. The average molecular weight is 671 g/mol. The largest absolute Gasteiger partial charge is 0.392 e. The number of halogens is 5. The second kappa shape index (κ2) is 15.3. The molecule has 0 saturated carbocycles. The van der Waals surface area contributed by atoms with E-state index >= 15 is 0 Å². The highest BCUT2D eigenvalue weighted by Crippen LogP contribution is 2.38. The molecule has 1 amide bonds. The fourth-order valence-electron chi connectivity index (χ4n) is 5.56. The number of amides is 1. The van der Waals surface area contributed by atoms with Crippen molar-refractivity contribution in [1.82, 2.24) is 10.2 Å². The maximum atomic E-state index is 14.1. The van der Waals surface area contributed by atoms with Crippen molar-refractivity contribution in [3.63, 3.8) is 0 Å². The summed E-state index contributed by atoms with van der Waals surface area (Å²) in [6.45, 7) is 2.04. The molecular formula is C36H35F5N2O5. The molecule has 12 heteroatoms. The lowest BCUT2D eigenvalue weighted by atomic mass is 9.98. The van der Waals surface area contributed by atoms with Gasteiger partial charge >= 0.3 is 0 Å². The van der Waals surface area contributed by atoms with Gasteiger partial charge in [-0.3, -0.25) is 9.69 Å². The van der Waals surface area contributed by atoms with Crippen LogP contribution >= 0.6 is 0 Å². The van der Waals surface area contributed by atoms with Crippen LogP contribution in [0.1, 0.15) is 70.0 Å². The molecule has 0 aromatic heterocycles. The Hall–Kier alpha value is -4.20. The number of benzene rings is 4. The summed E-state index contributed by atoms with van der Waals surface area (Å²) < 4.78 is 81.4. The molecule has 254 valence electrons. The van der Waals surface area contributed by atoms with E-state index in [1.54, 1.807) is 24.3 Å². The number of nitrogens with one attached hydrogen (secondary N) is 1. The summed E-state index contributed by atoms with van der Waals surface area (Å²) >= 11 is 0. The van der Waals surface area contributed by atoms with Gasteiger partial charge in [0.1, 0.15) is 5.56 Å². The lowest BCUT2D eigenvalue weighted by Gasteiger charge is -2.39. The number of likely N-dealkylation sites (N-methyl/N-ethyl adjacent to an activating group) is 1. The molecule has 48 heavy (non-hydrogen) atoms. The highest BCUT2D eigenvalue weighted by molar-refractivity contribution is 5.94. The molecule has 0 aliphatic carbocycles. The SMILES string of the molecule is C[C@@H]([C@H](O)c1ccccc1)N(C)C[C@H]1C[C@@H](c2ccc(CO)cc2)O[C@@H](c2ccc(CNC(=O)c3c(F)c(F)c(F)c(F)c3F)cc2)O1. The van der Waals surface area contributed by atoms with E-state index < -0.39 is 53.0 Å². The van der Waals surface area contributed by atoms with E-state index in [-0.39, 0.29) is 31.4 Å². The average Bonchev–Trinajstić information content (AvgIpc) is 3.12. The number of hydrogen-bond acceptors (Lipinski definition) is 6. The van der Waals surface area contributed by atoms with Crippen LogP contribution in [0.5, 0.6) is 0 Å². The van der Waals surface area contributed by atoms with Gasteiger partial charge < -0.3 is 25.0 Å². The van der Waals surface area contributed by atoms with Crippen LogP contribution in [0.3, 0.4) is 0 Å². The van der Waals surface area contributed by atoms with Gasteiger partial charge in [-0.2, -0.15) is 0 Å². The van der Waals surface area contributed by atoms with Crippen molar-refractivity contribution in [2.24, 2.45) is 0 Å². The van der Waals surface area contributed by atoms with E-state index in [2.05, 4.69) is 5.32 Å². The van der Waals surface area contributed by atoms with Gasteiger partial charge in [0.05, 0.1) is 24.9 Å². The standard InChI is InChI=1S/C36H35F5N2O5/c1-20(34(45)24-6-4-3-5-7-24)43(2)18-26-16-27(23-12-10-22(19-44)11-13-23)48-36(47-26)25-14-8-21(9-15-25)17-42-35(46)28-29(37)31(39)33(41)32(40)30(28)38/h3-15,20,26-27,34,36,44-45H,16-19H2,1-2H3,(H,42,46)/t20-,26+,27-,34-,36-/m0/s1. The Morgan fingerprint density at radius 2 is 1.40 bits per heavy atom. The predicted octanol–water partition coefficient (Wildman–Crippen LogP) is 6.40. The van der Waals surface area contributed by atoms with E-state index in [9.17, 15) is 37.0 Å². The smallest absolute Gasteiger partial charge is 0.257 e. The second-order valence-electron chi connectivity index (χ2n) is 11.8. The van der Waals surface area contributed by atoms with Gasteiger partial charge in [0.2, 0.25) is 5.82 Å². The Kier molecular flexibility index (Phi) is 11.2. The molecule has 4 aromatic carbocycles. The Balaban J connectivity index is 1.30. The summed E-state index contributed by atoms with van der Waals surface area (Å²) in [4.78, 5) is 14.4. The Labute approximate surface area is 274 Å². The van der Waals surface area contributed by atoms with Crippen molar-refractivity contribution >= 4 is 5.91 Å². The van der Waals surface area contributed by atoms with Crippen molar-refractivity contribution in [1.29, 1.82) is 0 Å². The first-order chi connectivity index (χ1) is 23.0. The summed E-state index contributed by atoms with van der Waals surface area (Å²) in [5.41, 5.74) is 1.98. The molecule has 4 aromatic rings. The van der Waals surface area contributed by atoms with E-state index in [0.29, 0.717) is 24.1 Å². The van der Waals surface area contributed by atoms with Crippen LogP contribution in [0.4, 0.5) is 22.0 Å². The molecule has 5 atom stereocenters. The van der Waals surface area contributed by atoms with Gasteiger partial charge in [0.15, 0.2) is 29.6 Å². The number of ether oxygens (including phenoxy) is 2. The van der Waals surface area contributed by atoms with Gasteiger partial charge in [-0.15, -0.1) is 0 Å². The first-order valence-electron chi connectivity index (χ1n) is 15.3. The third kappa shape index (κ3) is 7.74. The van der Waals surface area contributed by atoms with Crippen LogP contribution in [-0.2, 0) is 22.6 Å². The zero-order valence-corrected chi connectivity index (χ0v) is 26.2. The summed E-state index contributed by atoms with van der Waals surface area (Å²) in [5, 5.41) is 22.7. The first kappa shape index (κ1) is 35.1. The zero-order chi connectivity index (χ0) is 34.5. The van der Waals surface area contributed by atoms with Crippen molar-refractivity contribution in [2.45, 2.75) is 57.1 Å². The Morgan fingerprint density at radius 1 is 0.833 bits per heavy atom. The van der Waals surface area contributed by atoms with Crippen LogP contribution in [0, 0.1) is 29.1 Å². The molecule has 0 radical (unpaired) electrons. The third-order valence-corrected chi connectivity index (χ3v) is 8.54. The maximum absolute atomic E-state index is 14.1. The molecule has 1 aliphatic rings. The lowest BCUT2D eigenvalue weighted by molar-refractivity contribution is -0.253. The number of carbonyl (C=O) groups is 1. The number of rotatable bonds is 11. The van der Waals surface area contributed by atoms with Crippen molar-refractivity contribution in [2.75, 3.05) is 13.6 Å². The molecular weight excluding hydrogens is 635 g/mol. The highest BCUT2D eigenvalue weighted by Gasteiger charge is 2.34. The minimum Gasteiger partial charge on any atom is -0.392 e. The molecule has 7 nitrogen and oxygen atoms in total. The van der Waals surface area contributed by atoms with Gasteiger partial charge in [0, 0.05) is 31.1 Å². The molecule has 5 rings (SSSR count). The molecule has 1 saturated heterocycles. The normalized spacial score (nSPS) is 19.2. The van der Waals surface area contributed by atoms with Gasteiger partial charge in [-0.1, -0.05) is 78.9 Å².